The van der Waals surface area contributed by atoms with E-state index in [0.29, 0.717) is 32.8 Å². The van der Waals surface area contributed by atoms with E-state index < -0.39 is 10.0 Å². The van der Waals surface area contributed by atoms with Crippen molar-refractivity contribution in [3.05, 3.63) is 60.7 Å². The first-order valence-corrected chi connectivity index (χ1v) is 13.0. The minimum atomic E-state index is -3.56. The minimum absolute atomic E-state index is 0.0228. The van der Waals surface area contributed by atoms with Gasteiger partial charge in [-0.2, -0.15) is 4.31 Å². The molecule has 2 aromatic carbocycles. The molecule has 2 aliphatic rings. The van der Waals surface area contributed by atoms with Crippen molar-refractivity contribution in [3.63, 3.8) is 0 Å². The van der Waals surface area contributed by atoms with Gasteiger partial charge in [-0.3, -0.25) is 4.79 Å². The first-order valence-electron chi connectivity index (χ1n) is 11.6. The molecule has 0 unspecified atom stereocenters. The number of anilines is 2. The zero-order chi connectivity index (χ0) is 23.5. The number of ether oxygens (including phenoxy) is 1. The van der Waals surface area contributed by atoms with Crippen LogP contribution < -0.4 is 10.2 Å². The zero-order valence-corrected chi connectivity index (χ0v) is 19.7. The Bertz CT molecular complexity index is 1280. The lowest BCUT2D eigenvalue weighted by atomic mass is 9.97. The van der Waals surface area contributed by atoms with Crippen molar-refractivity contribution in [3.8, 4) is 0 Å². The van der Waals surface area contributed by atoms with Gasteiger partial charge in [0.15, 0.2) is 0 Å². The summed E-state index contributed by atoms with van der Waals surface area (Å²) in [5, 5.41) is 3.78. The normalized spacial score (nSPS) is 19.8. The fourth-order valence-electron chi connectivity index (χ4n) is 4.53. The second-order valence-electron chi connectivity index (χ2n) is 8.68. The van der Waals surface area contributed by atoms with Gasteiger partial charge < -0.3 is 15.0 Å². The highest BCUT2D eigenvalue weighted by Gasteiger charge is 2.28. The van der Waals surface area contributed by atoms with Gasteiger partial charge >= 0.3 is 0 Å². The van der Waals surface area contributed by atoms with Crippen LogP contribution in [-0.2, 0) is 19.6 Å². The Labute approximate surface area is 199 Å². The molecule has 5 rings (SSSR count). The number of pyridine rings is 1. The number of aromatic nitrogens is 1. The summed E-state index contributed by atoms with van der Waals surface area (Å²) in [7, 11) is -3.56. The topological polar surface area (TPSA) is 91.8 Å². The van der Waals surface area contributed by atoms with Crippen molar-refractivity contribution in [2.75, 3.05) is 49.6 Å². The Kier molecular flexibility index (Phi) is 6.49. The van der Waals surface area contributed by atoms with Crippen LogP contribution in [0.25, 0.3) is 10.9 Å². The highest BCUT2D eigenvalue weighted by Crippen LogP contribution is 2.27. The number of morpholine rings is 1. The third-order valence-corrected chi connectivity index (χ3v) is 8.31. The summed E-state index contributed by atoms with van der Waals surface area (Å²) in [4.78, 5) is 20.0. The van der Waals surface area contributed by atoms with Crippen LogP contribution >= 0.6 is 0 Å². The third kappa shape index (κ3) is 4.77. The number of hydrogen-bond acceptors (Lipinski definition) is 6. The molecule has 3 aromatic rings. The SMILES string of the molecule is O=C(Nc1ccccc1)[C@H]1CCCN(c2ccc3cc(S(=O)(=O)N4CCOCC4)ccc3n2)C1. The predicted octanol–water partition coefficient (Wildman–Crippen LogP) is 3.11. The standard InChI is InChI=1S/C25H28N4O4S/c30-25(26-21-6-2-1-3-7-21)20-5-4-12-28(18-20)24-11-8-19-17-22(9-10-23(19)27-24)34(31,32)29-13-15-33-16-14-29/h1-3,6-11,17,20H,4-5,12-16,18H2,(H,26,30)/t20-/m0/s1. The van der Waals surface area contributed by atoms with E-state index in [1.54, 1.807) is 18.2 Å². The quantitative estimate of drug-likeness (QED) is 0.603. The fraction of sp³-hybridized carbons (Fsp3) is 0.360. The maximum absolute atomic E-state index is 13.0. The Morgan fingerprint density at radius 1 is 1.00 bits per heavy atom. The van der Waals surface area contributed by atoms with E-state index >= 15 is 0 Å². The van der Waals surface area contributed by atoms with Crippen LogP contribution in [0.2, 0.25) is 0 Å². The van der Waals surface area contributed by atoms with Crippen molar-refractivity contribution in [2.24, 2.45) is 5.92 Å². The van der Waals surface area contributed by atoms with E-state index in [-0.39, 0.29) is 16.7 Å². The van der Waals surface area contributed by atoms with E-state index in [1.165, 1.54) is 4.31 Å². The molecule has 9 heteroatoms. The maximum Gasteiger partial charge on any atom is 0.243 e. The molecule has 0 saturated carbocycles. The van der Waals surface area contributed by atoms with Gasteiger partial charge in [0.1, 0.15) is 5.82 Å². The number of nitrogens with one attached hydrogen (secondary N) is 1. The van der Waals surface area contributed by atoms with E-state index in [2.05, 4.69) is 10.2 Å². The smallest absolute Gasteiger partial charge is 0.243 e. The highest BCUT2D eigenvalue weighted by molar-refractivity contribution is 7.89. The van der Waals surface area contributed by atoms with Gasteiger partial charge in [-0.05, 0) is 55.3 Å². The molecule has 1 N–H and O–H groups in total. The largest absolute Gasteiger partial charge is 0.379 e. The fourth-order valence-corrected chi connectivity index (χ4v) is 5.97. The van der Waals surface area contributed by atoms with Crippen LogP contribution in [0.5, 0.6) is 0 Å². The first-order chi connectivity index (χ1) is 16.5. The van der Waals surface area contributed by atoms with Crippen LogP contribution in [-0.4, -0.2) is 63.0 Å². The molecule has 0 bridgehead atoms. The number of para-hydroxylation sites is 1. The second-order valence-corrected chi connectivity index (χ2v) is 10.6. The molecule has 1 atom stereocenters. The summed E-state index contributed by atoms with van der Waals surface area (Å²) in [6.45, 7) is 2.99. The van der Waals surface area contributed by atoms with E-state index in [9.17, 15) is 13.2 Å². The molecule has 1 aromatic heterocycles. The Hall–Kier alpha value is -3.01. The molecule has 0 spiro atoms. The molecule has 0 aliphatic carbocycles. The van der Waals surface area contributed by atoms with Gasteiger partial charge in [0.05, 0.1) is 29.5 Å². The number of rotatable bonds is 5. The van der Waals surface area contributed by atoms with E-state index in [4.69, 9.17) is 9.72 Å². The molecule has 0 radical (unpaired) electrons. The number of sulfonamides is 1. The molecule has 2 aliphatic heterocycles. The predicted molar refractivity (Wildman–Crippen MR) is 131 cm³/mol. The number of piperidine rings is 1. The molecule has 3 heterocycles. The van der Waals surface area contributed by atoms with Crippen LogP contribution in [0.15, 0.2) is 65.6 Å². The van der Waals surface area contributed by atoms with Crippen LogP contribution in [0.3, 0.4) is 0 Å². The number of benzene rings is 2. The molecule has 178 valence electrons. The van der Waals surface area contributed by atoms with Crippen molar-refractivity contribution >= 4 is 38.3 Å². The lowest BCUT2D eigenvalue weighted by molar-refractivity contribution is -0.120. The van der Waals surface area contributed by atoms with Gasteiger partial charge in [-0.25, -0.2) is 13.4 Å². The average Bonchev–Trinajstić information content (AvgIpc) is 2.89. The number of fused-ring (bicyclic) bond motifs is 1. The number of carbonyl (C=O) groups excluding carboxylic acids is 1. The molecule has 34 heavy (non-hydrogen) atoms. The maximum atomic E-state index is 13.0. The third-order valence-electron chi connectivity index (χ3n) is 6.41. The summed E-state index contributed by atoms with van der Waals surface area (Å²) < 4.78 is 32.7. The summed E-state index contributed by atoms with van der Waals surface area (Å²) in [5.74, 6) is 0.704. The summed E-state index contributed by atoms with van der Waals surface area (Å²) in [6, 6.07) is 18.4. The van der Waals surface area contributed by atoms with Crippen LogP contribution in [0.4, 0.5) is 11.5 Å². The van der Waals surface area contributed by atoms with Gasteiger partial charge in [-0.1, -0.05) is 18.2 Å². The van der Waals surface area contributed by atoms with Gasteiger partial charge in [0.2, 0.25) is 15.9 Å². The van der Waals surface area contributed by atoms with Crippen molar-refractivity contribution in [1.82, 2.24) is 9.29 Å². The van der Waals surface area contributed by atoms with E-state index in [0.717, 1.165) is 41.8 Å². The zero-order valence-electron chi connectivity index (χ0n) is 18.9. The minimum Gasteiger partial charge on any atom is -0.379 e. The number of hydrogen-bond donors (Lipinski definition) is 1. The van der Waals surface area contributed by atoms with Gasteiger partial charge in [-0.15, -0.1) is 0 Å². The van der Waals surface area contributed by atoms with Gasteiger partial charge in [0.25, 0.3) is 0 Å². The van der Waals surface area contributed by atoms with Crippen molar-refractivity contribution in [1.29, 1.82) is 0 Å². The summed E-state index contributed by atoms with van der Waals surface area (Å²) in [5.41, 5.74) is 1.53. The molecule has 8 nitrogen and oxygen atoms in total. The molecule has 1 amide bonds. The van der Waals surface area contributed by atoms with Crippen LogP contribution in [0, 0.1) is 5.92 Å². The number of nitrogens with zero attached hydrogens (tertiary/aromatic N) is 3. The monoisotopic (exact) mass is 480 g/mol. The highest BCUT2D eigenvalue weighted by atomic mass is 32.2. The molecular weight excluding hydrogens is 452 g/mol. The first kappa shape index (κ1) is 22.8. The molecule has 2 saturated heterocycles. The number of amides is 1. The second kappa shape index (κ2) is 9.69. The van der Waals surface area contributed by atoms with Gasteiger partial charge in [0, 0.05) is 37.3 Å². The lowest BCUT2D eigenvalue weighted by Crippen LogP contribution is -2.41. The van der Waals surface area contributed by atoms with E-state index in [1.807, 2.05) is 42.5 Å². The molecule has 2 fully saturated rings. The van der Waals surface area contributed by atoms with Crippen molar-refractivity contribution in [2.45, 2.75) is 17.7 Å². The summed E-state index contributed by atoms with van der Waals surface area (Å²) >= 11 is 0. The Morgan fingerprint density at radius 2 is 1.79 bits per heavy atom. The number of carbonyl (C=O) groups is 1. The Balaban J connectivity index is 1.32. The Morgan fingerprint density at radius 3 is 2.59 bits per heavy atom. The average molecular weight is 481 g/mol. The lowest BCUT2D eigenvalue weighted by Gasteiger charge is -2.33. The molecular formula is C25H28N4O4S. The van der Waals surface area contributed by atoms with Crippen molar-refractivity contribution < 1.29 is 17.9 Å². The van der Waals surface area contributed by atoms with Crippen LogP contribution in [0.1, 0.15) is 12.8 Å². The summed E-state index contributed by atoms with van der Waals surface area (Å²) in [6.07, 6.45) is 1.74.